The quantitative estimate of drug-likeness (QED) is 0.318. The minimum atomic E-state index is -0.315. The van der Waals surface area contributed by atoms with E-state index in [2.05, 4.69) is 39.6 Å². The monoisotopic (exact) mass is 529 g/mol. The molecule has 3 aromatic rings. The second-order valence-corrected chi connectivity index (χ2v) is 9.04. The number of ether oxygens (including phenoxy) is 1. The maximum absolute atomic E-state index is 13.4. The molecule has 7 nitrogen and oxygen atoms in total. The number of carbonyl (C=O) groups excluding carboxylic acids is 2. The highest BCUT2D eigenvalue weighted by Gasteiger charge is 2.24. The number of nitrogens with zero attached hydrogens (tertiary/aromatic N) is 3. The smallest absolute Gasteiger partial charge is 0.290 e. The van der Waals surface area contributed by atoms with E-state index in [1.165, 1.54) is 16.7 Å². The summed E-state index contributed by atoms with van der Waals surface area (Å²) in [4.78, 5) is 29.6. The molecule has 34 heavy (non-hydrogen) atoms. The normalized spacial score (nSPS) is 10.9. The minimum Gasteiger partial charge on any atom is -0.459 e. The highest BCUT2D eigenvalue weighted by molar-refractivity contribution is 9.10. The molecule has 0 aliphatic heterocycles. The molecule has 1 aromatic carbocycles. The number of benzene rings is 1. The number of hydrogen-bond acceptors (Lipinski definition) is 4. The molecule has 0 atom stereocenters. The maximum Gasteiger partial charge on any atom is 0.290 e. The fourth-order valence-electron chi connectivity index (χ4n) is 3.64. The first-order chi connectivity index (χ1) is 16.5. The van der Waals surface area contributed by atoms with Gasteiger partial charge in [-0.2, -0.15) is 0 Å². The van der Waals surface area contributed by atoms with Crippen molar-refractivity contribution in [2.45, 2.75) is 32.9 Å². The van der Waals surface area contributed by atoms with Crippen molar-refractivity contribution >= 4 is 27.7 Å². The van der Waals surface area contributed by atoms with E-state index in [4.69, 9.17) is 9.15 Å². The van der Waals surface area contributed by atoms with Crippen LogP contribution in [0.4, 0.5) is 0 Å². The molecule has 2 amide bonds. The standard InChI is InChI=1S/C26H32BrN3O4/c1-3-4-13-29(19-23-7-5-14-28(23)18-21-9-11-22(27)12-10-21)25(31)20-30(15-17-33-2)26(32)24-8-6-16-34-24/h5-12,14,16H,3-4,13,15,17-20H2,1-2H3. The highest BCUT2D eigenvalue weighted by atomic mass is 79.9. The lowest BCUT2D eigenvalue weighted by atomic mass is 10.2. The van der Waals surface area contributed by atoms with E-state index in [1.807, 2.05) is 35.4 Å². The molecule has 0 spiro atoms. The third kappa shape index (κ3) is 7.33. The molecular weight excluding hydrogens is 498 g/mol. The Kier molecular flexibility index (Phi) is 9.97. The zero-order valence-electron chi connectivity index (χ0n) is 19.8. The van der Waals surface area contributed by atoms with Crippen molar-refractivity contribution in [2.24, 2.45) is 0 Å². The number of methoxy groups -OCH3 is 1. The highest BCUT2D eigenvalue weighted by Crippen LogP contribution is 2.15. The summed E-state index contributed by atoms with van der Waals surface area (Å²) in [5.74, 6) is -0.197. The molecule has 2 aromatic heterocycles. The molecule has 0 N–H and O–H groups in total. The lowest BCUT2D eigenvalue weighted by Gasteiger charge is -2.27. The van der Waals surface area contributed by atoms with Crippen LogP contribution in [0.15, 0.2) is 69.9 Å². The molecule has 2 heterocycles. The van der Waals surface area contributed by atoms with Crippen LogP contribution in [0.1, 0.15) is 41.6 Å². The fraction of sp³-hybridized carbons (Fsp3) is 0.385. The van der Waals surface area contributed by atoms with Crippen LogP contribution in [0.3, 0.4) is 0 Å². The summed E-state index contributed by atoms with van der Waals surface area (Å²) in [5, 5.41) is 0. The second-order valence-electron chi connectivity index (χ2n) is 8.12. The Balaban J connectivity index is 1.73. The van der Waals surface area contributed by atoms with Gasteiger partial charge in [0.2, 0.25) is 5.91 Å². The molecule has 0 bridgehead atoms. The van der Waals surface area contributed by atoms with Gasteiger partial charge in [0.25, 0.3) is 5.91 Å². The predicted octanol–water partition coefficient (Wildman–Crippen LogP) is 4.81. The summed E-state index contributed by atoms with van der Waals surface area (Å²) in [7, 11) is 1.57. The Bertz CT molecular complexity index is 1030. The fourth-order valence-corrected chi connectivity index (χ4v) is 3.91. The van der Waals surface area contributed by atoms with Crippen LogP contribution < -0.4 is 0 Å². The molecule has 0 aliphatic carbocycles. The third-order valence-electron chi connectivity index (χ3n) is 5.59. The van der Waals surface area contributed by atoms with Crippen molar-refractivity contribution in [1.82, 2.24) is 14.4 Å². The van der Waals surface area contributed by atoms with Gasteiger partial charge in [-0.3, -0.25) is 9.59 Å². The molecule has 0 saturated carbocycles. The van der Waals surface area contributed by atoms with Crippen molar-refractivity contribution in [1.29, 1.82) is 0 Å². The third-order valence-corrected chi connectivity index (χ3v) is 6.12. The van der Waals surface area contributed by atoms with Crippen molar-refractivity contribution in [2.75, 3.05) is 33.4 Å². The Morgan fingerprint density at radius 2 is 1.85 bits per heavy atom. The summed E-state index contributed by atoms with van der Waals surface area (Å²) in [5.41, 5.74) is 2.23. The Hall–Kier alpha value is -2.84. The number of amides is 2. The Labute approximate surface area is 209 Å². The number of aromatic nitrogens is 1. The van der Waals surface area contributed by atoms with E-state index in [9.17, 15) is 9.59 Å². The van der Waals surface area contributed by atoms with Crippen LogP contribution >= 0.6 is 15.9 Å². The molecule has 0 aliphatic rings. The first kappa shape index (κ1) is 25.8. The average molecular weight is 530 g/mol. The Morgan fingerprint density at radius 3 is 2.53 bits per heavy atom. The van der Waals surface area contributed by atoms with Crippen LogP contribution in [0, 0.1) is 0 Å². The molecule has 0 saturated heterocycles. The van der Waals surface area contributed by atoms with Crippen LogP contribution in [0.5, 0.6) is 0 Å². The zero-order valence-corrected chi connectivity index (χ0v) is 21.4. The lowest BCUT2D eigenvalue weighted by Crippen LogP contribution is -2.44. The first-order valence-electron chi connectivity index (χ1n) is 11.5. The van der Waals surface area contributed by atoms with Crippen molar-refractivity contribution in [3.05, 3.63) is 82.5 Å². The van der Waals surface area contributed by atoms with E-state index < -0.39 is 0 Å². The number of hydrogen-bond donors (Lipinski definition) is 0. The van der Waals surface area contributed by atoms with Gasteiger partial charge in [-0.25, -0.2) is 0 Å². The summed E-state index contributed by atoms with van der Waals surface area (Å²) in [6.45, 7) is 4.56. The number of rotatable bonds is 13. The van der Waals surface area contributed by atoms with Crippen LogP contribution in [0.25, 0.3) is 0 Å². The largest absolute Gasteiger partial charge is 0.459 e. The molecule has 8 heteroatoms. The number of carbonyl (C=O) groups is 2. The summed E-state index contributed by atoms with van der Waals surface area (Å²) < 4.78 is 13.6. The predicted molar refractivity (Wildman–Crippen MR) is 134 cm³/mol. The van der Waals surface area contributed by atoms with E-state index >= 15 is 0 Å². The van der Waals surface area contributed by atoms with Gasteiger partial charge in [0.1, 0.15) is 6.54 Å². The molecule has 0 radical (unpaired) electrons. The van der Waals surface area contributed by atoms with Gasteiger partial charge in [0, 0.05) is 43.1 Å². The first-order valence-corrected chi connectivity index (χ1v) is 12.3. The molecule has 0 unspecified atom stereocenters. The summed E-state index contributed by atoms with van der Waals surface area (Å²) in [6, 6.07) is 15.5. The van der Waals surface area contributed by atoms with Crippen LogP contribution in [-0.4, -0.2) is 59.5 Å². The van der Waals surface area contributed by atoms with Crippen LogP contribution in [-0.2, 0) is 22.6 Å². The number of halogens is 1. The van der Waals surface area contributed by atoms with Gasteiger partial charge >= 0.3 is 0 Å². The van der Waals surface area contributed by atoms with Gasteiger partial charge in [-0.1, -0.05) is 41.4 Å². The average Bonchev–Trinajstić information content (AvgIpc) is 3.53. The number of furan rings is 1. The van der Waals surface area contributed by atoms with Gasteiger partial charge in [0.05, 0.1) is 19.4 Å². The lowest BCUT2D eigenvalue weighted by molar-refractivity contribution is -0.132. The molecule has 0 fully saturated rings. The van der Waals surface area contributed by atoms with Crippen molar-refractivity contribution < 1.29 is 18.7 Å². The molecule has 3 rings (SSSR count). The van der Waals surface area contributed by atoms with E-state index in [1.54, 1.807) is 19.2 Å². The molecular formula is C26H32BrN3O4. The maximum atomic E-state index is 13.4. The SMILES string of the molecule is CCCCN(Cc1cccn1Cc1ccc(Br)cc1)C(=O)CN(CCOC)C(=O)c1ccco1. The van der Waals surface area contributed by atoms with Gasteiger partial charge < -0.3 is 23.5 Å². The van der Waals surface area contributed by atoms with E-state index in [0.29, 0.717) is 26.2 Å². The zero-order chi connectivity index (χ0) is 24.3. The number of unbranched alkanes of at least 4 members (excludes halogenated alkanes) is 1. The van der Waals surface area contributed by atoms with Crippen molar-refractivity contribution in [3.63, 3.8) is 0 Å². The van der Waals surface area contributed by atoms with Gasteiger partial charge in [-0.05, 0) is 48.4 Å². The van der Waals surface area contributed by atoms with E-state index in [-0.39, 0.29) is 24.1 Å². The minimum absolute atomic E-state index is 0.0277. The van der Waals surface area contributed by atoms with Crippen LogP contribution in [0.2, 0.25) is 0 Å². The summed E-state index contributed by atoms with van der Waals surface area (Å²) in [6.07, 6.45) is 5.35. The molecule has 182 valence electrons. The van der Waals surface area contributed by atoms with Crippen molar-refractivity contribution in [3.8, 4) is 0 Å². The summed E-state index contributed by atoms with van der Waals surface area (Å²) >= 11 is 3.48. The van der Waals surface area contributed by atoms with E-state index in [0.717, 1.165) is 29.6 Å². The van der Waals surface area contributed by atoms with Gasteiger partial charge in [0.15, 0.2) is 5.76 Å². The topological polar surface area (TPSA) is 67.9 Å². The van der Waals surface area contributed by atoms with Gasteiger partial charge in [-0.15, -0.1) is 0 Å². The second kappa shape index (κ2) is 13.2. The Morgan fingerprint density at radius 1 is 1.06 bits per heavy atom.